The van der Waals surface area contributed by atoms with Crippen LogP contribution in [-0.2, 0) is 6.54 Å². The van der Waals surface area contributed by atoms with Crippen LogP contribution in [0.15, 0.2) is 47.2 Å². The van der Waals surface area contributed by atoms with Gasteiger partial charge in [0.15, 0.2) is 0 Å². The minimum atomic E-state index is 0.808. The van der Waals surface area contributed by atoms with Crippen molar-refractivity contribution < 1.29 is 0 Å². The molecule has 1 aromatic heterocycles. The third-order valence-corrected chi connectivity index (χ3v) is 3.52. The Morgan fingerprint density at radius 1 is 1.32 bits per heavy atom. The number of aromatic nitrogens is 1. The Hall–Kier alpha value is -1.55. The lowest BCUT2D eigenvalue weighted by molar-refractivity contribution is 0.765. The van der Waals surface area contributed by atoms with Gasteiger partial charge in [-0.05, 0) is 46.1 Å². The zero-order valence-electron chi connectivity index (χ0n) is 11.0. The summed E-state index contributed by atoms with van der Waals surface area (Å²) in [6, 6.07) is 10.1. The molecule has 0 unspecified atom stereocenters. The van der Waals surface area contributed by atoms with Crippen molar-refractivity contribution in [2.75, 3.05) is 17.2 Å². The molecule has 0 aliphatic carbocycles. The van der Waals surface area contributed by atoms with Gasteiger partial charge in [0.05, 0.1) is 10.2 Å². The molecule has 0 aliphatic heterocycles. The lowest BCUT2D eigenvalue weighted by atomic mass is 10.1. The Balaban J connectivity index is 2.24. The standard InChI is InChI=1S/C15H18BrN3/c1-2-8-19(15-6-7-18-10-14(15)16)11-12-4-3-5-13(17)9-12/h3-7,9-10H,2,8,11,17H2,1H3. The molecule has 2 aromatic rings. The number of anilines is 2. The highest BCUT2D eigenvalue weighted by Gasteiger charge is 2.10. The number of benzene rings is 1. The summed E-state index contributed by atoms with van der Waals surface area (Å²) in [5.41, 5.74) is 9.03. The molecule has 0 saturated heterocycles. The molecule has 0 amide bonds. The highest BCUT2D eigenvalue weighted by molar-refractivity contribution is 9.10. The van der Waals surface area contributed by atoms with Crippen molar-refractivity contribution in [2.45, 2.75) is 19.9 Å². The molecular formula is C15H18BrN3. The van der Waals surface area contributed by atoms with Gasteiger partial charge in [-0.15, -0.1) is 0 Å². The lowest BCUT2D eigenvalue weighted by Crippen LogP contribution is -2.23. The molecule has 19 heavy (non-hydrogen) atoms. The molecule has 0 spiro atoms. The van der Waals surface area contributed by atoms with E-state index in [0.717, 1.165) is 29.7 Å². The van der Waals surface area contributed by atoms with Crippen LogP contribution in [0.5, 0.6) is 0 Å². The molecule has 1 aromatic carbocycles. The minimum absolute atomic E-state index is 0.808. The van der Waals surface area contributed by atoms with E-state index in [4.69, 9.17) is 5.73 Å². The fourth-order valence-corrected chi connectivity index (χ4v) is 2.59. The SMILES string of the molecule is CCCN(Cc1cccc(N)c1)c1ccncc1Br. The molecular weight excluding hydrogens is 302 g/mol. The quantitative estimate of drug-likeness (QED) is 0.851. The van der Waals surface area contributed by atoms with Gasteiger partial charge in [-0.2, -0.15) is 0 Å². The lowest BCUT2D eigenvalue weighted by Gasteiger charge is -2.25. The Morgan fingerprint density at radius 2 is 2.16 bits per heavy atom. The largest absolute Gasteiger partial charge is 0.399 e. The average Bonchev–Trinajstić information content (AvgIpc) is 2.39. The van der Waals surface area contributed by atoms with Crippen LogP contribution in [0, 0.1) is 0 Å². The van der Waals surface area contributed by atoms with Crippen LogP contribution in [0.2, 0.25) is 0 Å². The van der Waals surface area contributed by atoms with Crippen LogP contribution in [0.4, 0.5) is 11.4 Å². The van der Waals surface area contributed by atoms with E-state index < -0.39 is 0 Å². The molecule has 0 aliphatic rings. The maximum absolute atomic E-state index is 5.84. The average molecular weight is 320 g/mol. The van der Waals surface area contributed by atoms with E-state index in [1.54, 1.807) is 0 Å². The predicted octanol–water partition coefficient (Wildman–Crippen LogP) is 3.84. The van der Waals surface area contributed by atoms with Gasteiger partial charge in [-0.25, -0.2) is 0 Å². The fourth-order valence-electron chi connectivity index (χ4n) is 2.09. The summed E-state index contributed by atoms with van der Waals surface area (Å²) < 4.78 is 1.02. The highest BCUT2D eigenvalue weighted by atomic mass is 79.9. The summed E-state index contributed by atoms with van der Waals surface area (Å²) in [6.07, 6.45) is 4.75. The van der Waals surface area contributed by atoms with Gasteiger partial charge in [0.2, 0.25) is 0 Å². The second-order valence-corrected chi connectivity index (χ2v) is 5.35. The number of pyridine rings is 1. The second-order valence-electron chi connectivity index (χ2n) is 4.49. The predicted molar refractivity (Wildman–Crippen MR) is 84.1 cm³/mol. The number of hydrogen-bond donors (Lipinski definition) is 1. The molecule has 0 atom stereocenters. The monoisotopic (exact) mass is 319 g/mol. The van der Waals surface area contributed by atoms with E-state index in [0.29, 0.717) is 0 Å². The maximum Gasteiger partial charge on any atom is 0.0592 e. The molecule has 100 valence electrons. The minimum Gasteiger partial charge on any atom is -0.399 e. The first kappa shape index (κ1) is 13.9. The van der Waals surface area contributed by atoms with Gasteiger partial charge >= 0.3 is 0 Å². The summed E-state index contributed by atoms with van der Waals surface area (Å²) >= 11 is 3.57. The van der Waals surface area contributed by atoms with Crippen LogP contribution < -0.4 is 10.6 Å². The van der Waals surface area contributed by atoms with Gasteiger partial charge in [0.25, 0.3) is 0 Å². The van der Waals surface area contributed by atoms with Crippen LogP contribution in [0.1, 0.15) is 18.9 Å². The van der Waals surface area contributed by atoms with E-state index in [1.807, 2.05) is 36.7 Å². The topological polar surface area (TPSA) is 42.1 Å². The number of hydrogen-bond acceptors (Lipinski definition) is 3. The van der Waals surface area contributed by atoms with Gasteiger partial charge in [-0.1, -0.05) is 19.1 Å². The van der Waals surface area contributed by atoms with Gasteiger partial charge in [0, 0.05) is 31.2 Å². The summed E-state index contributed by atoms with van der Waals surface area (Å²) in [4.78, 5) is 6.45. The van der Waals surface area contributed by atoms with Crippen molar-refractivity contribution in [3.63, 3.8) is 0 Å². The summed E-state index contributed by atoms with van der Waals surface area (Å²) in [5, 5.41) is 0. The van der Waals surface area contributed by atoms with E-state index in [-0.39, 0.29) is 0 Å². The van der Waals surface area contributed by atoms with Gasteiger partial charge < -0.3 is 10.6 Å². The third kappa shape index (κ3) is 3.70. The van der Waals surface area contributed by atoms with Crippen LogP contribution >= 0.6 is 15.9 Å². The molecule has 0 fully saturated rings. The van der Waals surface area contributed by atoms with Crippen molar-refractivity contribution in [3.05, 3.63) is 52.8 Å². The Bertz CT molecular complexity index is 542. The third-order valence-electron chi connectivity index (χ3n) is 2.91. The number of nitrogens with two attached hydrogens (primary N) is 1. The van der Waals surface area contributed by atoms with E-state index in [1.165, 1.54) is 11.3 Å². The van der Waals surface area contributed by atoms with Crippen molar-refractivity contribution in [3.8, 4) is 0 Å². The molecule has 2 rings (SSSR count). The summed E-state index contributed by atoms with van der Waals surface area (Å²) in [5.74, 6) is 0. The molecule has 1 heterocycles. The summed E-state index contributed by atoms with van der Waals surface area (Å²) in [7, 11) is 0. The molecule has 0 saturated carbocycles. The number of nitrogens with zero attached hydrogens (tertiary/aromatic N) is 2. The van der Waals surface area contributed by atoms with Gasteiger partial charge in [-0.3, -0.25) is 4.98 Å². The van der Waals surface area contributed by atoms with Crippen LogP contribution in [-0.4, -0.2) is 11.5 Å². The van der Waals surface area contributed by atoms with Crippen molar-refractivity contribution in [1.82, 2.24) is 4.98 Å². The van der Waals surface area contributed by atoms with Crippen molar-refractivity contribution in [2.24, 2.45) is 0 Å². The Kier molecular flexibility index (Phi) is 4.80. The first-order chi connectivity index (χ1) is 9.20. The molecule has 0 radical (unpaired) electrons. The van der Waals surface area contributed by atoms with E-state index >= 15 is 0 Å². The summed E-state index contributed by atoms with van der Waals surface area (Å²) in [6.45, 7) is 4.03. The van der Waals surface area contributed by atoms with Crippen molar-refractivity contribution in [1.29, 1.82) is 0 Å². The van der Waals surface area contributed by atoms with Crippen molar-refractivity contribution >= 4 is 27.3 Å². The molecule has 2 N–H and O–H groups in total. The number of nitrogen functional groups attached to an aromatic ring is 1. The smallest absolute Gasteiger partial charge is 0.0592 e. The van der Waals surface area contributed by atoms with E-state index in [9.17, 15) is 0 Å². The van der Waals surface area contributed by atoms with Crippen LogP contribution in [0.3, 0.4) is 0 Å². The second kappa shape index (κ2) is 6.57. The fraction of sp³-hybridized carbons (Fsp3) is 0.267. The highest BCUT2D eigenvalue weighted by Crippen LogP contribution is 2.26. The first-order valence-corrected chi connectivity index (χ1v) is 7.19. The van der Waals surface area contributed by atoms with E-state index in [2.05, 4.69) is 38.8 Å². The molecule has 3 nitrogen and oxygen atoms in total. The first-order valence-electron chi connectivity index (χ1n) is 6.39. The Morgan fingerprint density at radius 3 is 2.84 bits per heavy atom. The molecule has 4 heteroatoms. The van der Waals surface area contributed by atoms with Gasteiger partial charge in [0.1, 0.15) is 0 Å². The Labute approximate surface area is 122 Å². The van der Waals surface area contributed by atoms with Crippen LogP contribution in [0.25, 0.3) is 0 Å². The normalized spacial score (nSPS) is 10.4. The zero-order valence-corrected chi connectivity index (χ0v) is 12.6. The number of halogens is 1. The maximum atomic E-state index is 5.84. The molecule has 0 bridgehead atoms. The zero-order chi connectivity index (χ0) is 13.7. The number of rotatable bonds is 5.